The molecule has 0 saturated heterocycles. The molecule has 0 aliphatic carbocycles. The van der Waals surface area contributed by atoms with Crippen molar-refractivity contribution in [2.45, 2.75) is 46.6 Å². The summed E-state index contributed by atoms with van der Waals surface area (Å²) in [7, 11) is 0. The van der Waals surface area contributed by atoms with Crippen LogP contribution in [0.1, 0.15) is 58.5 Å². The summed E-state index contributed by atoms with van der Waals surface area (Å²) in [6.07, 6.45) is 3.93. The number of carbonyl (C=O) groups is 1. The van der Waals surface area contributed by atoms with Crippen LogP contribution in [0.25, 0.3) is 16.6 Å². The number of rotatable bonds is 6. The molecule has 4 heterocycles. The third kappa shape index (κ3) is 3.93. The van der Waals surface area contributed by atoms with Crippen molar-refractivity contribution < 1.29 is 4.79 Å². The van der Waals surface area contributed by atoms with Crippen molar-refractivity contribution in [1.29, 1.82) is 0 Å². The fourth-order valence-electron chi connectivity index (χ4n) is 4.44. The summed E-state index contributed by atoms with van der Waals surface area (Å²) in [5.74, 6) is 0.456. The zero-order valence-electron chi connectivity index (χ0n) is 19.4. The summed E-state index contributed by atoms with van der Waals surface area (Å²) in [5, 5.41) is 5.81. The number of carbonyl (C=O) groups excluding carboxylic acids is 1. The normalized spacial score (nSPS) is 11.7. The SMILES string of the molecule is Cc1cccc(Cn2nc(C)c3c(CC(=O)c4cnc5cc(C(C)C)ccn45)cccc32)n1. The number of fused-ring (bicyclic) bond motifs is 2. The summed E-state index contributed by atoms with van der Waals surface area (Å²) in [5.41, 5.74) is 7.48. The molecule has 5 rings (SSSR count). The largest absolute Gasteiger partial charge is 0.297 e. The lowest BCUT2D eigenvalue weighted by Gasteiger charge is -2.08. The molecule has 0 aliphatic rings. The molecule has 0 amide bonds. The summed E-state index contributed by atoms with van der Waals surface area (Å²) >= 11 is 0. The fourth-order valence-corrected chi connectivity index (χ4v) is 4.44. The highest BCUT2D eigenvalue weighted by Gasteiger charge is 2.18. The molecule has 0 radical (unpaired) electrons. The second kappa shape index (κ2) is 8.28. The quantitative estimate of drug-likeness (QED) is 0.339. The predicted octanol–water partition coefficient (Wildman–Crippen LogP) is 5.29. The fraction of sp³-hybridized carbons (Fsp3) is 0.259. The van der Waals surface area contributed by atoms with E-state index >= 15 is 0 Å². The Morgan fingerprint density at radius 1 is 1.06 bits per heavy atom. The third-order valence-electron chi connectivity index (χ3n) is 6.14. The highest BCUT2D eigenvalue weighted by molar-refractivity contribution is 5.99. The third-order valence-corrected chi connectivity index (χ3v) is 6.14. The van der Waals surface area contributed by atoms with Gasteiger partial charge in [-0.15, -0.1) is 0 Å². The minimum Gasteiger partial charge on any atom is -0.297 e. The van der Waals surface area contributed by atoms with E-state index in [0.29, 0.717) is 24.6 Å². The van der Waals surface area contributed by atoms with E-state index < -0.39 is 0 Å². The molecule has 0 atom stereocenters. The van der Waals surface area contributed by atoms with Crippen molar-refractivity contribution in [3.05, 3.63) is 94.8 Å². The first-order valence-corrected chi connectivity index (χ1v) is 11.3. The number of ketones is 1. The van der Waals surface area contributed by atoms with Gasteiger partial charge in [0.25, 0.3) is 0 Å². The summed E-state index contributed by atoms with van der Waals surface area (Å²) < 4.78 is 3.86. The number of hydrogen-bond donors (Lipinski definition) is 0. The van der Waals surface area contributed by atoms with E-state index in [9.17, 15) is 4.79 Å². The average molecular weight is 438 g/mol. The molecule has 6 heteroatoms. The average Bonchev–Trinajstić information content (AvgIpc) is 3.35. The summed E-state index contributed by atoms with van der Waals surface area (Å²) in [6.45, 7) is 8.88. The maximum Gasteiger partial charge on any atom is 0.185 e. The van der Waals surface area contributed by atoms with Crippen LogP contribution in [0, 0.1) is 13.8 Å². The van der Waals surface area contributed by atoms with Gasteiger partial charge in [0.15, 0.2) is 5.78 Å². The van der Waals surface area contributed by atoms with Crippen molar-refractivity contribution in [3.8, 4) is 0 Å². The van der Waals surface area contributed by atoms with Crippen LogP contribution in [0.4, 0.5) is 0 Å². The number of aromatic nitrogens is 5. The van der Waals surface area contributed by atoms with E-state index in [1.807, 2.05) is 59.5 Å². The Morgan fingerprint density at radius 2 is 1.88 bits per heavy atom. The van der Waals surface area contributed by atoms with Crippen molar-refractivity contribution >= 4 is 22.3 Å². The zero-order chi connectivity index (χ0) is 23.1. The predicted molar refractivity (Wildman–Crippen MR) is 130 cm³/mol. The van der Waals surface area contributed by atoms with Gasteiger partial charge < -0.3 is 0 Å². The van der Waals surface area contributed by atoms with Crippen LogP contribution in [0.15, 0.2) is 60.9 Å². The minimum absolute atomic E-state index is 0.0415. The molecule has 0 aliphatic heterocycles. The van der Waals surface area contributed by atoms with Gasteiger partial charge in [-0.25, -0.2) is 4.98 Å². The molecule has 6 nitrogen and oxygen atoms in total. The maximum absolute atomic E-state index is 13.3. The monoisotopic (exact) mass is 437 g/mol. The minimum atomic E-state index is 0.0415. The van der Waals surface area contributed by atoms with Gasteiger partial charge in [0.1, 0.15) is 11.3 Å². The maximum atomic E-state index is 13.3. The van der Waals surface area contributed by atoms with Crippen molar-refractivity contribution in [2.75, 3.05) is 0 Å². The number of nitrogens with zero attached hydrogens (tertiary/aromatic N) is 5. The Bertz CT molecular complexity index is 1490. The van der Waals surface area contributed by atoms with Gasteiger partial charge >= 0.3 is 0 Å². The smallest absolute Gasteiger partial charge is 0.185 e. The Kier molecular flexibility index (Phi) is 5.29. The van der Waals surface area contributed by atoms with Crippen molar-refractivity contribution in [3.63, 3.8) is 0 Å². The molecule has 33 heavy (non-hydrogen) atoms. The first-order valence-electron chi connectivity index (χ1n) is 11.3. The Morgan fingerprint density at radius 3 is 2.67 bits per heavy atom. The van der Waals surface area contributed by atoms with Crippen LogP contribution in [-0.2, 0) is 13.0 Å². The second-order valence-electron chi connectivity index (χ2n) is 8.91. The van der Waals surface area contributed by atoms with Crippen LogP contribution in [0.2, 0.25) is 0 Å². The molecule has 0 spiro atoms. The second-order valence-corrected chi connectivity index (χ2v) is 8.91. The molecule has 0 saturated carbocycles. The molecule has 0 N–H and O–H groups in total. The molecular formula is C27H27N5O. The molecule has 0 fully saturated rings. The van der Waals surface area contributed by atoms with Gasteiger partial charge in [0.2, 0.25) is 0 Å². The number of Topliss-reactive ketones (excluding diaryl/α,β-unsaturated/α-hetero) is 1. The standard InChI is InChI=1S/C27H27N5O/c1-17(2)20-11-12-31-24(15-28-26(31)14-20)25(33)13-21-8-6-10-23-27(21)19(4)30-32(23)16-22-9-5-7-18(3)29-22/h5-12,14-15,17H,13,16H2,1-4H3. The Hall–Kier alpha value is -3.80. The van der Waals surface area contributed by atoms with E-state index in [4.69, 9.17) is 5.10 Å². The van der Waals surface area contributed by atoms with Crippen LogP contribution >= 0.6 is 0 Å². The Balaban J connectivity index is 1.48. The molecule has 1 aromatic carbocycles. The highest BCUT2D eigenvalue weighted by atomic mass is 16.1. The van der Waals surface area contributed by atoms with Gasteiger partial charge in [-0.3, -0.25) is 18.9 Å². The molecule has 0 bridgehead atoms. The van der Waals surface area contributed by atoms with Crippen LogP contribution < -0.4 is 0 Å². The number of hydrogen-bond acceptors (Lipinski definition) is 4. The van der Waals surface area contributed by atoms with E-state index in [1.165, 1.54) is 5.56 Å². The van der Waals surface area contributed by atoms with Crippen molar-refractivity contribution in [2.24, 2.45) is 0 Å². The molecule has 4 aromatic heterocycles. The highest BCUT2D eigenvalue weighted by Crippen LogP contribution is 2.25. The lowest BCUT2D eigenvalue weighted by molar-refractivity contribution is 0.0987. The number of imidazole rings is 1. The van der Waals surface area contributed by atoms with E-state index in [1.54, 1.807) is 6.20 Å². The molecule has 5 aromatic rings. The van der Waals surface area contributed by atoms with E-state index in [2.05, 4.69) is 42.0 Å². The Labute approximate surface area is 192 Å². The lowest BCUT2D eigenvalue weighted by atomic mass is 10.0. The molecule has 166 valence electrons. The summed E-state index contributed by atoms with van der Waals surface area (Å²) in [4.78, 5) is 22.4. The van der Waals surface area contributed by atoms with Gasteiger partial charge in [0.05, 0.1) is 29.6 Å². The van der Waals surface area contributed by atoms with Crippen LogP contribution in [0.5, 0.6) is 0 Å². The first kappa shape index (κ1) is 21.1. The van der Waals surface area contributed by atoms with Gasteiger partial charge in [-0.1, -0.05) is 32.0 Å². The van der Waals surface area contributed by atoms with Crippen molar-refractivity contribution in [1.82, 2.24) is 24.1 Å². The first-order chi connectivity index (χ1) is 15.9. The van der Waals surface area contributed by atoms with Crippen LogP contribution in [-0.4, -0.2) is 29.9 Å². The van der Waals surface area contributed by atoms with Crippen LogP contribution in [0.3, 0.4) is 0 Å². The van der Waals surface area contributed by atoms with E-state index in [-0.39, 0.29) is 5.78 Å². The zero-order valence-corrected chi connectivity index (χ0v) is 19.4. The summed E-state index contributed by atoms with van der Waals surface area (Å²) in [6, 6.07) is 16.2. The van der Waals surface area contributed by atoms with Gasteiger partial charge in [0, 0.05) is 23.7 Å². The number of aryl methyl sites for hydroxylation is 2. The topological polar surface area (TPSA) is 65.1 Å². The number of pyridine rings is 2. The van der Waals surface area contributed by atoms with Gasteiger partial charge in [-0.2, -0.15) is 5.10 Å². The molecular weight excluding hydrogens is 410 g/mol. The lowest BCUT2D eigenvalue weighted by Crippen LogP contribution is -2.08. The molecule has 0 unspecified atom stereocenters. The van der Waals surface area contributed by atoms with Gasteiger partial charge in [-0.05, 0) is 61.2 Å². The number of benzene rings is 1. The van der Waals surface area contributed by atoms with E-state index in [0.717, 1.165) is 39.2 Å².